The Morgan fingerprint density at radius 3 is 2.56 bits per heavy atom. The molecule has 164 valence electrons. The number of cyclic esters (lactones) is 1. The Bertz CT molecular complexity index is 1070. The lowest BCUT2D eigenvalue weighted by molar-refractivity contribution is -0.123. The molecule has 4 rings (SSSR count). The maximum absolute atomic E-state index is 11.5. The molecule has 0 radical (unpaired) electrons. The molecular weight excluding hydrogens is 408 g/mol. The fraction of sp³-hybridized carbons (Fsp3) is 0.240. The van der Waals surface area contributed by atoms with Crippen molar-refractivity contribution in [3.8, 4) is 5.75 Å². The van der Waals surface area contributed by atoms with E-state index in [1.54, 1.807) is 6.26 Å². The molecule has 3 aromatic rings. The number of rotatable bonds is 10. The van der Waals surface area contributed by atoms with E-state index in [1.165, 1.54) is 5.56 Å². The van der Waals surface area contributed by atoms with Crippen LogP contribution in [-0.2, 0) is 22.6 Å². The second kappa shape index (κ2) is 10.4. The molecule has 1 unspecified atom stereocenters. The summed E-state index contributed by atoms with van der Waals surface area (Å²) in [4.78, 5) is 26.9. The van der Waals surface area contributed by atoms with Gasteiger partial charge in [-0.1, -0.05) is 42.5 Å². The van der Waals surface area contributed by atoms with Gasteiger partial charge in [-0.3, -0.25) is 10.1 Å². The molecule has 2 heterocycles. The first kappa shape index (κ1) is 21.4. The topological polar surface area (TPSA) is 90.7 Å². The maximum Gasteiger partial charge on any atom is 0.414 e. The number of hydrogen-bond acceptors (Lipinski definition) is 6. The second-order valence-corrected chi connectivity index (χ2v) is 7.48. The molecule has 2 amide bonds. The molecule has 1 aliphatic rings. The zero-order chi connectivity index (χ0) is 22.2. The van der Waals surface area contributed by atoms with E-state index < -0.39 is 12.2 Å². The van der Waals surface area contributed by atoms with Crippen molar-refractivity contribution in [2.24, 2.45) is 0 Å². The fourth-order valence-corrected chi connectivity index (χ4v) is 3.35. The van der Waals surface area contributed by atoms with Gasteiger partial charge < -0.3 is 13.9 Å². The average Bonchev–Trinajstić information content (AvgIpc) is 3.40. The lowest BCUT2D eigenvalue weighted by Gasteiger charge is -2.07. The number of aryl methyl sites for hydroxylation is 1. The lowest BCUT2D eigenvalue weighted by atomic mass is 10.1. The highest BCUT2D eigenvalue weighted by molar-refractivity contribution is 5.99. The summed E-state index contributed by atoms with van der Waals surface area (Å²) in [5.41, 5.74) is 2.98. The van der Waals surface area contributed by atoms with Gasteiger partial charge in [0, 0.05) is 6.08 Å². The molecule has 1 aliphatic heterocycles. The molecule has 0 spiro atoms. The van der Waals surface area contributed by atoms with Gasteiger partial charge in [0.15, 0.2) is 6.10 Å². The van der Waals surface area contributed by atoms with Crippen LogP contribution in [0.1, 0.15) is 42.0 Å². The minimum atomic E-state index is -0.652. The summed E-state index contributed by atoms with van der Waals surface area (Å²) in [6, 6.07) is 17.9. The van der Waals surface area contributed by atoms with Gasteiger partial charge in [-0.05, 0) is 55.0 Å². The average molecular weight is 432 g/mol. The van der Waals surface area contributed by atoms with E-state index in [1.807, 2.05) is 66.7 Å². The van der Waals surface area contributed by atoms with Gasteiger partial charge in [0.25, 0.3) is 5.91 Å². The number of oxazole rings is 1. The summed E-state index contributed by atoms with van der Waals surface area (Å²) >= 11 is 0. The van der Waals surface area contributed by atoms with Crippen molar-refractivity contribution in [3.63, 3.8) is 0 Å². The number of alkyl carbamates (subject to hydrolysis) is 1. The van der Waals surface area contributed by atoms with E-state index >= 15 is 0 Å². The van der Waals surface area contributed by atoms with E-state index in [0.29, 0.717) is 18.9 Å². The summed E-state index contributed by atoms with van der Waals surface area (Å²) in [6.07, 6.45) is 7.20. The molecule has 1 atom stereocenters. The van der Waals surface area contributed by atoms with Crippen LogP contribution in [0.25, 0.3) is 12.2 Å². The van der Waals surface area contributed by atoms with E-state index in [9.17, 15) is 9.59 Å². The summed E-state index contributed by atoms with van der Waals surface area (Å²) < 4.78 is 16.2. The SMILES string of the molecule is O=C1NC(=O)C(CCCCc2ccc(OCc3coc(C=Cc4ccccc4)n3)cc2)O1. The summed E-state index contributed by atoms with van der Waals surface area (Å²) in [5, 5.41) is 2.14. The molecular formula is C25H24N2O5. The van der Waals surface area contributed by atoms with Crippen LogP contribution < -0.4 is 10.1 Å². The number of nitrogens with one attached hydrogen (secondary N) is 1. The zero-order valence-corrected chi connectivity index (χ0v) is 17.5. The van der Waals surface area contributed by atoms with E-state index in [2.05, 4.69) is 10.3 Å². The number of ether oxygens (including phenoxy) is 2. The molecule has 1 saturated heterocycles. The van der Waals surface area contributed by atoms with E-state index in [4.69, 9.17) is 13.9 Å². The van der Waals surface area contributed by atoms with E-state index in [0.717, 1.165) is 36.3 Å². The molecule has 7 nitrogen and oxygen atoms in total. The van der Waals surface area contributed by atoms with Crippen LogP contribution in [0.15, 0.2) is 65.3 Å². The molecule has 32 heavy (non-hydrogen) atoms. The van der Waals surface area contributed by atoms with Gasteiger partial charge in [-0.25, -0.2) is 9.78 Å². The maximum atomic E-state index is 11.5. The Hall–Kier alpha value is -3.87. The standard InChI is InChI=1S/C25H24N2O5/c28-24-22(32-25(29)27-24)9-5-4-8-19-10-13-21(14-11-19)30-16-20-17-31-23(26-20)15-12-18-6-2-1-3-7-18/h1-3,6-7,10-15,17,22H,4-5,8-9,16H2,(H,27,28,29). The third-order valence-corrected chi connectivity index (χ3v) is 5.05. The number of carbonyl (C=O) groups excluding carboxylic acids is 2. The highest BCUT2D eigenvalue weighted by atomic mass is 16.6. The van der Waals surface area contributed by atoms with Crippen molar-refractivity contribution in [3.05, 3.63) is 83.6 Å². The van der Waals surface area contributed by atoms with Crippen LogP contribution in [0.5, 0.6) is 5.75 Å². The molecule has 1 N–H and O–H groups in total. The molecule has 7 heteroatoms. The monoisotopic (exact) mass is 432 g/mol. The summed E-state index contributed by atoms with van der Waals surface area (Å²) in [5.74, 6) is 0.947. The lowest BCUT2D eigenvalue weighted by Crippen LogP contribution is -2.24. The smallest absolute Gasteiger partial charge is 0.414 e. The van der Waals surface area contributed by atoms with Crippen LogP contribution >= 0.6 is 0 Å². The third-order valence-electron chi connectivity index (χ3n) is 5.05. The Balaban J connectivity index is 1.18. The summed E-state index contributed by atoms with van der Waals surface area (Å²) in [6.45, 7) is 0.324. The Morgan fingerprint density at radius 1 is 1.00 bits per heavy atom. The number of aromatic nitrogens is 1. The first-order chi connectivity index (χ1) is 15.7. The summed E-state index contributed by atoms with van der Waals surface area (Å²) in [7, 11) is 0. The molecule has 0 saturated carbocycles. The van der Waals surface area contributed by atoms with Crippen molar-refractivity contribution < 1.29 is 23.5 Å². The molecule has 1 aromatic heterocycles. The van der Waals surface area contributed by atoms with E-state index in [-0.39, 0.29) is 5.91 Å². The number of imide groups is 1. The van der Waals surface area contributed by atoms with Crippen LogP contribution in [0, 0.1) is 0 Å². The highest BCUT2D eigenvalue weighted by Crippen LogP contribution is 2.17. The molecule has 1 fully saturated rings. The predicted molar refractivity (Wildman–Crippen MR) is 119 cm³/mol. The first-order valence-corrected chi connectivity index (χ1v) is 10.6. The van der Waals surface area contributed by atoms with Gasteiger partial charge in [0.2, 0.25) is 5.89 Å². The van der Waals surface area contributed by atoms with Crippen LogP contribution in [0.4, 0.5) is 4.79 Å². The zero-order valence-electron chi connectivity index (χ0n) is 17.5. The Morgan fingerprint density at radius 2 is 1.81 bits per heavy atom. The van der Waals surface area contributed by atoms with Gasteiger partial charge >= 0.3 is 6.09 Å². The number of unbranched alkanes of at least 4 members (excludes halogenated alkanes) is 1. The fourth-order valence-electron chi connectivity index (χ4n) is 3.35. The van der Waals surface area contributed by atoms with Crippen LogP contribution in [0.3, 0.4) is 0 Å². The third kappa shape index (κ3) is 6.07. The number of hydrogen-bond donors (Lipinski definition) is 1. The normalized spacial score (nSPS) is 15.7. The van der Waals surface area contributed by atoms with Gasteiger partial charge in [-0.15, -0.1) is 0 Å². The van der Waals surface area contributed by atoms with Crippen LogP contribution in [-0.4, -0.2) is 23.1 Å². The minimum absolute atomic E-state index is 0.324. The molecule has 2 aromatic carbocycles. The largest absolute Gasteiger partial charge is 0.487 e. The number of nitrogens with zero attached hydrogens (tertiary/aromatic N) is 1. The van der Waals surface area contributed by atoms with Crippen molar-refractivity contribution in [2.45, 2.75) is 38.4 Å². The van der Waals surface area contributed by atoms with Crippen molar-refractivity contribution in [1.29, 1.82) is 0 Å². The van der Waals surface area contributed by atoms with Gasteiger partial charge in [0.05, 0.1) is 0 Å². The quantitative estimate of drug-likeness (QED) is 0.464. The van der Waals surface area contributed by atoms with Gasteiger partial charge in [-0.2, -0.15) is 0 Å². The predicted octanol–water partition coefficient (Wildman–Crippen LogP) is 4.77. The van der Waals surface area contributed by atoms with Crippen molar-refractivity contribution >= 4 is 24.2 Å². The molecule has 0 bridgehead atoms. The second-order valence-electron chi connectivity index (χ2n) is 7.48. The molecule has 0 aliphatic carbocycles. The van der Waals surface area contributed by atoms with Crippen molar-refractivity contribution in [2.75, 3.05) is 0 Å². The van der Waals surface area contributed by atoms with Gasteiger partial charge in [0.1, 0.15) is 24.3 Å². The number of amides is 2. The van der Waals surface area contributed by atoms with Crippen molar-refractivity contribution in [1.82, 2.24) is 10.3 Å². The first-order valence-electron chi connectivity index (χ1n) is 10.6. The Labute approximate surface area is 186 Å². The highest BCUT2D eigenvalue weighted by Gasteiger charge is 2.31. The minimum Gasteiger partial charge on any atom is -0.487 e. The van der Waals surface area contributed by atoms with Crippen LogP contribution in [0.2, 0.25) is 0 Å². The Kier molecular flexibility index (Phi) is 6.97. The number of carbonyl (C=O) groups is 2. The number of benzene rings is 2.